The summed E-state index contributed by atoms with van der Waals surface area (Å²) >= 11 is 6.07. The Morgan fingerprint density at radius 1 is 0.880 bits per heavy atom. The molecule has 3 rings (SSSR count). The number of nitrogens with zero attached hydrogens (tertiary/aromatic N) is 2. The van der Waals surface area contributed by atoms with Crippen LogP contribution in [0.25, 0.3) is 0 Å². The van der Waals surface area contributed by atoms with Crippen molar-refractivity contribution < 1.29 is 4.79 Å². The van der Waals surface area contributed by atoms with Gasteiger partial charge in [0.25, 0.3) is 5.91 Å². The van der Waals surface area contributed by atoms with E-state index in [2.05, 4.69) is 20.8 Å². The number of amides is 1. The maximum absolute atomic E-state index is 12.1. The molecule has 1 amide bonds. The molecule has 0 saturated carbocycles. The number of rotatable bonds is 6. The molecule has 2 N–H and O–H groups in total. The van der Waals surface area contributed by atoms with Gasteiger partial charge in [-0.2, -0.15) is 0 Å². The van der Waals surface area contributed by atoms with Crippen molar-refractivity contribution in [3.05, 3.63) is 88.6 Å². The van der Waals surface area contributed by atoms with Crippen molar-refractivity contribution in [1.82, 2.24) is 15.5 Å². The van der Waals surface area contributed by atoms with Crippen LogP contribution < -0.4 is 10.6 Å². The number of halogens is 1. The molecule has 126 valence electrons. The quantitative estimate of drug-likeness (QED) is 0.710. The number of carbonyl (C=O) groups excluding carboxylic acids is 1. The summed E-state index contributed by atoms with van der Waals surface area (Å²) in [4.78, 5) is 12.1. The van der Waals surface area contributed by atoms with Crippen LogP contribution in [-0.4, -0.2) is 16.1 Å². The zero-order valence-electron chi connectivity index (χ0n) is 13.4. The van der Waals surface area contributed by atoms with Crippen LogP contribution in [-0.2, 0) is 13.1 Å². The molecule has 0 saturated heterocycles. The third kappa shape index (κ3) is 4.78. The summed E-state index contributed by atoms with van der Waals surface area (Å²) in [5.41, 5.74) is 2.26. The molecule has 1 aromatic heterocycles. The van der Waals surface area contributed by atoms with E-state index < -0.39 is 0 Å². The number of hydrogen-bond acceptors (Lipinski definition) is 4. The monoisotopic (exact) mass is 352 g/mol. The van der Waals surface area contributed by atoms with Gasteiger partial charge in [0.1, 0.15) is 5.82 Å². The zero-order chi connectivity index (χ0) is 17.5. The highest BCUT2D eigenvalue weighted by molar-refractivity contribution is 6.31. The number of nitrogens with one attached hydrogen (secondary N) is 2. The molecule has 3 aromatic rings. The molecule has 0 atom stereocenters. The summed E-state index contributed by atoms with van der Waals surface area (Å²) < 4.78 is 0. The van der Waals surface area contributed by atoms with Gasteiger partial charge in [-0.15, -0.1) is 10.2 Å². The third-order valence-electron chi connectivity index (χ3n) is 3.61. The van der Waals surface area contributed by atoms with Crippen LogP contribution in [0.3, 0.4) is 0 Å². The molecular weight excluding hydrogens is 336 g/mol. The van der Waals surface area contributed by atoms with E-state index in [-0.39, 0.29) is 11.6 Å². The van der Waals surface area contributed by atoms with Crippen LogP contribution in [0.15, 0.2) is 66.7 Å². The lowest BCUT2D eigenvalue weighted by molar-refractivity contribution is 0.0945. The lowest BCUT2D eigenvalue weighted by Gasteiger charge is -2.07. The molecule has 0 unspecified atom stereocenters. The second-order valence-electron chi connectivity index (χ2n) is 5.42. The van der Waals surface area contributed by atoms with Crippen LogP contribution in [0.1, 0.15) is 21.6 Å². The Kier molecular flexibility index (Phi) is 5.59. The third-order valence-corrected chi connectivity index (χ3v) is 3.98. The maximum Gasteiger partial charge on any atom is 0.272 e. The first-order valence-electron chi connectivity index (χ1n) is 7.85. The molecule has 0 radical (unpaired) electrons. The molecule has 0 aliphatic carbocycles. The van der Waals surface area contributed by atoms with Crippen LogP contribution >= 0.6 is 11.6 Å². The SMILES string of the molecule is O=C(NCc1ccccc1Cl)c1ccc(NCc2ccccc2)nn1. The van der Waals surface area contributed by atoms with E-state index >= 15 is 0 Å². The van der Waals surface area contributed by atoms with Crippen molar-refractivity contribution >= 4 is 23.3 Å². The molecular formula is C19H17ClN4O. The number of anilines is 1. The van der Waals surface area contributed by atoms with Crippen molar-refractivity contribution in [2.24, 2.45) is 0 Å². The number of hydrogen-bond donors (Lipinski definition) is 2. The first-order valence-corrected chi connectivity index (χ1v) is 8.23. The Morgan fingerprint density at radius 3 is 2.36 bits per heavy atom. The van der Waals surface area contributed by atoms with E-state index in [1.54, 1.807) is 18.2 Å². The summed E-state index contributed by atoms with van der Waals surface area (Å²) in [6, 6.07) is 20.7. The molecule has 6 heteroatoms. The molecule has 0 aliphatic heterocycles. The fourth-order valence-electron chi connectivity index (χ4n) is 2.24. The van der Waals surface area contributed by atoms with Gasteiger partial charge in [-0.05, 0) is 29.3 Å². The van der Waals surface area contributed by atoms with Crippen LogP contribution in [0.2, 0.25) is 5.02 Å². The van der Waals surface area contributed by atoms with E-state index in [4.69, 9.17) is 11.6 Å². The van der Waals surface area contributed by atoms with Crippen molar-refractivity contribution in [1.29, 1.82) is 0 Å². The molecule has 0 aliphatic rings. The van der Waals surface area contributed by atoms with Gasteiger partial charge in [0, 0.05) is 18.1 Å². The minimum Gasteiger partial charge on any atom is -0.365 e. The predicted molar refractivity (Wildman–Crippen MR) is 98.4 cm³/mol. The van der Waals surface area contributed by atoms with E-state index in [0.29, 0.717) is 23.9 Å². The Hall–Kier alpha value is -2.92. The fraction of sp³-hybridized carbons (Fsp3) is 0.105. The normalized spacial score (nSPS) is 10.3. The molecule has 1 heterocycles. The highest BCUT2D eigenvalue weighted by atomic mass is 35.5. The lowest BCUT2D eigenvalue weighted by atomic mass is 10.2. The Morgan fingerprint density at radius 2 is 1.64 bits per heavy atom. The van der Waals surface area contributed by atoms with Crippen molar-refractivity contribution in [3.8, 4) is 0 Å². The first-order chi connectivity index (χ1) is 12.2. The standard InChI is InChI=1S/C19H17ClN4O/c20-16-9-5-4-8-15(16)13-22-19(25)17-10-11-18(24-23-17)21-12-14-6-2-1-3-7-14/h1-11H,12-13H2,(H,21,24)(H,22,25). The van der Waals surface area contributed by atoms with Gasteiger partial charge in [0.05, 0.1) is 0 Å². The summed E-state index contributed by atoms with van der Waals surface area (Å²) in [6.45, 7) is 0.988. The van der Waals surface area contributed by atoms with Gasteiger partial charge in [0.15, 0.2) is 5.69 Å². The largest absolute Gasteiger partial charge is 0.365 e. The van der Waals surface area contributed by atoms with E-state index in [1.165, 1.54) is 0 Å². The Balaban J connectivity index is 1.54. The second kappa shape index (κ2) is 8.26. The van der Waals surface area contributed by atoms with E-state index in [0.717, 1.165) is 11.1 Å². The summed E-state index contributed by atoms with van der Waals surface area (Å²) in [6.07, 6.45) is 0. The minimum atomic E-state index is -0.290. The highest BCUT2D eigenvalue weighted by Crippen LogP contribution is 2.14. The molecule has 0 fully saturated rings. The van der Waals surface area contributed by atoms with Gasteiger partial charge >= 0.3 is 0 Å². The van der Waals surface area contributed by atoms with E-state index in [1.807, 2.05) is 48.5 Å². The second-order valence-corrected chi connectivity index (χ2v) is 5.82. The Labute approximate surface area is 151 Å². The van der Waals surface area contributed by atoms with E-state index in [9.17, 15) is 4.79 Å². The average molecular weight is 353 g/mol. The Bertz CT molecular complexity index is 838. The summed E-state index contributed by atoms with van der Waals surface area (Å²) in [7, 11) is 0. The predicted octanol–water partition coefficient (Wildman–Crippen LogP) is 3.67. The highest BCUT2D eigenvalue weighted by Gasteiger charge is 2.09. The number of aromatic nitrogens is 2. The molecule has 0 bridgehead atoms. The van der Waals surface area contributed by atoms with Crippen LogP contribution in [0.5, 0.6) is 0 Å². The summed E-state index contributed by atoms with van der Waals surface area (Å²) in [5, 5.41) is 14.6. The number of benzene rings is 2. The minimum absolute atomic E-state index is 0.261. The fourth-order valence-corrected chi connectivity index (χ4v) is 2.45. The maximum atomic E-state index is 12.1. The van der Waals surface area contributed by atoms with Gasteiger partial charge in [-0.25, -0.2) is 0 Å². The first kappa shape index (κ1) is 16.9. The van der Waals surface area contributed by atoms with Crippen LogP contribution in [0.4, 0.5) is 5.82 Å². The van der Waals surface area contributed by atoms with Gasteiger partial charge in [-0.3, -0.25) is 4.79 Å². The molecule has 0 spiro atoms. The van der Waals surface area contributed by atoms with Crippen molar-refractivity contribution in [2.75, 3.05) is 5.32 Å². The van der Waals surface area contributed by atoms with Gasteiger partial charge in [-0.1, -0.05) is 60.1 Å². The van der Waals surface area contributed by atoms with Crippen molar-refractivity contribution in [3.63, 3.8) is 0 Å². The topological polar surface area (TPSA) is 66.9 Å². The average Bonchev–Trinajstić information content (AvgIpc) is 2.67. The van der Waals surface area contributed by atoms with Gasteiger partial charge in [0.2, 0.25) is 0 Å². The molecule has 25 heavy (non-hydrogen) atoms. The smallest absolute Gasteiger partial charge is 0.272 e. The lowest BCUT2D eigenvalue weighted by Crippen LogP contribution is -2.24. The van der Waals surface area contributed by atoms with Crippen molar-refractivity contribution in [2.45, 2.75) is 13.1 Å². The summed E-state index contributed by atoms with van der Waals surface area (Å²) in [5.74, 6) is 0.327. The molecule has 2 aromatic carbocycles. The number of carbonyl (C=O) groups is 1. The van der Waals surface area contributed by atoms with Gasteiger partial charge < -0.3 is 10.6 Å². The van der Waals surface area contributed by atoms with Crippen LogP contribution in [0, 0.1) is 0 Å². The molecule has 5 nitrogen and oxygen atoms in total. The zero-order valence-corrected chi connectivity index (χ0v) is 14.2.